The van der Waals surface area contributed by atoms with Crippen LogP contribution in [0.1, 0.15) is 27.9 Å². The van der Waals surface area contributed by atoms with Crippen LogP contribution in [0.4, 0.5) is 0 Å². The van der Waals surface area contributed by atoms with Crippen molar-refractivity contribution >= 4 is 11.8 Å². The molecule has 0 aliphatic rings. The molecule has 0 bridgehead atoms. The van der Waals surface area contributed by atoms with Crippen molar-refractivity contribution in [3.05, 3.63) is 76.5 Å². The summed E-state index contributed by atoms with van der Waals surface area (Å²) in [4.78, 5) is 8.99. The lowest BCUT2D eigenvalue weighted by atomic mass is 10.1. The van der Waals surface area contributed by atoms with Crippen molar-refractivity contribution in [2.45, 2.75) is 31.7 Å². The summed E-state index contributed by atoms with van der Waals surface area (Å²) in [5.41, 5.74) is 4.77. The van der Waals surface area contributed by atoms with Gasteiger partial charge in [0.05, 0.1) is 11.6 Å². The second-order valence-corrected chi connectivity index (χ2v) is 6.93. The Morgan fingerprint density at radius 1 is 1.04 bits per heavy atom. The van der Waals surface area contributed by atoms with E-state index in [1.807, 2.05) is 56.3 Å². The molecule has 0 aliphatic heterocycles. The van der Waals surface area contributed by atoms with E-state index < -0.39 is 0 Å². The van der Waals surface area contributed by atoms with Crippen LogP contribution in [-0.2, 0) is 5.75 Å². The Bertz CT molecular complexity index is 979. The molecular formula is C21H19N3OS. The van der Waals surface area contributed by atoms with Gasteiger partial charge in [0.2, 0.25) is 5.88 Å². The van der Waals surface area contributed by atoms with Gasteiger partial charge in [-0.1, -0.05) is 42.1 Å². The summed E-state index contributed by atoms with van der Waals surface area (Å²) < 4.78 is 5.99. The summed E-state index contributed by atoms with van der Waals surface area (Å²) in [5.74, 6) is 1.96. The molecule has 0 saturated heterocycles. The highest BCUT2D eigenvalue weighted by Gasteiger charge is 2.09. The lowest BCUT2D eigenvalue weighted by Crippen LogP contribution is -1.97. The van der Waals surface area contributed by atoms with Crippen LogP contribution in [-0.4, -0.2) is 9.97 Å². The first-order valence-electron chi connectivity index (χ1n) is 8.27. The number of aryl methyl sites for hydroxylation is 2. The van der Waals surface area contributed by atoms with E-state index in [1.165, 1.54) is 17.3 Å². The van der Waals surface area contributed by atoms with Crippen LogP contribution in [0.15, 0.2) is 53.7 Å². The maximum Gasteiger partial charge on any atom is 0.223 e. The summed E-state index contributed by atoms with van der Waals surface area (Å²) >= 11 is 1.50. The lowest BCUT2D eigenvalue weighted by molar-refractivity contribution is 0.451. The van der Waals surface area contributed by atoms with Crippen molar-refractivity contribution in [3.63, 3.8) is 0 Å². The summed E-state index contributed by atoms with van der Waals surface area (Å²) in [6, 6.07) is 17.6. The van der Waals surface area contributed by atoms with E-state index in [9.17, 15) is 5.26 Å². The van der Waals surface area contributed by atoms with Crippen LogP contribution in [0.5, 0.6) is 11.6 Å². The fourth-order valence-corrected chi connectivity index (χ4v) is 3.37. The van der Waals surface area contributed by atoms with Gasteiger partial charge in [0, 0.05) is 17.5 Å². The van der Waals surface area contributed by atoms with E-state index in [4.69, 9.17) is 4.74 Å². The number of nitrogens with zero attached hydrogens (tertiary/aromatic N) is 3. The van der Waals surface area contributed by atoms with Gasteiger partial charge in [0.1, 0.15) is 5.75 Å². The van der Waals surface area contributed by atoms with E-state index in [2.05, 4.69) is 29.0 Å². The molecule has 0 atom stereocenters. The largest absolute Gasteiger partial charge is 0.439 e. The molecule has 0 aliphatic carbocycles. The van der Waals surface area contributed by atoms with E-state index in [0.717, 1.165) is 22.6 Å². The number of hydrogen-bond acceptors (Lipinski definition) is 5. The number of rotatable bonds is 5. The van der Waals surface area contributed by atoms with Crippen LogP contribution >= 0.6 is 11.8 Å². The van der Waals surface area contributed by atoms with Gasteiger partial charge in [-0.15, -0.1) is 0 Å². The summed E-state index contributed by atoms with van der Waals surface area (Å²) in [7, 11) is 0. The van der Waals surface area contributed by atoms with E-state index in [0.29, 0.717) is 22.4 Å². The van der Waals surface area contributed by atoms with Crippen LogP contribution in [0.2, 0.25) is 0 Å². The molecule has 1 aromatic heterocycles. The molecule has 0 spiro atoms. The number of aromatic nitrogens is 2. The van der Waals surface area contributed by atoms with Gasteiger partial charge in [-0.2, -0.15) is 10.2 Å². The zero-order valence-corrected chi connectivity index (χ0v) is 15.8. The topological polar surface area (TPSA) is 58.8 Å². The lowest BCUT2D eigenvalue weighted by Gasteiger charge is -2.11. The molecule has 3 rings (SSSR count). The van der Waals surface area contributed by atoms with Gasteiger partial charge in [-0.3, -0.25) is 0 Å². The Balaban J connectivity index is 1.80. The van der Waals surface area contributed by atoms with E-state index >= 15 is 0 Å². The molecule has 5 heteroatoms. The molecule has 4 nitrogen and oxygen atoms in total. The fraction of sp³-hybridized carbons (Fsp3) is 0.190. The fourth-order valence-electron chi connectivity index (χ4n) is 2.48. The van der Waals surface area contributed by atoms with Crippen molar-refractivity contribution < 1.29 is 4.74 Å². The third-order valence-corrected chi connectivity index (χ3v) is 4.97. The molecule has 1 heterocycles. The minimum atomic E-state index is 0.530. The van der Waals surface area contributed by atoms with Gasteiger partial charge in [-0.25, -0.2) is 4.98 Å². The standard InChI is InChI=1S/C21H19N3OS/c1-14-7-6-10-19(16(14)3)25-20-11-15(2)23-21(24-20)26-13-18-9-5-4-8-17(18)12-22/h4-11H,13H2,1-3H3. The minimum absolute atomic E-state index is 0.530. The Morgan fingerprint density at radius 3 is 2.65 bits per heavy atom. The highest BCUT2D eigenvalue weighted by atomic mass is 32.2. The maximum atomic E-state index is 9.21. The highest BCUT2D eigenvalue weighted by molar-refractivity contribution is 7.98. The van der Waals surface area contributed by atoms with Crippen molar-refractivity contribution in [1.29, 1.82) is 5.26 Å². The average molecular weight is 361 g/mol. The molecule has 3 aromatic rings. The molecule has 0 saturated carbocycles. The molecule has 0 fully saturated rings. The number of ether oxygens (including phenoxy) is 1. The minimum Gasteiger partial charge on any atom is -0.439 e. The number of thioether (sulfide) groups is 1. The quantitative estimate of drug-likeness (QED) is 0.452. The van der Waals surface area contributed by atoms with E-state index in [1.54, 1.807) is 0 Å². The Labute approximate surface area is 157 Å². The normalized spacial score (nSPS) is 10.4. The Kier molecular flexibility index (Phi) is 5.55. The van der Waals surface area contributed by atoms with Crippen LogP contribution in [0, 0.1) is 32.1 Å². The maximum absolute atomic E-state index is 9.21. The predicted octanol–water partition coefficient (Wildman–Crippen LogP) is 5.36. The molecule has 0 amide bonds. The number of nitriles is 1. The van der Waals surface area contributed by atoms with Gasteiger partial charge in [0.25, 0.3) is 0 Å². The SMILES string of the molecule is Cc1cc(Oc2cccc(C)c2C)nc(SCc2ccccc2C#N)n1. The molecular weight excluding hydrogens is 342 g/mol. The molecule has 2 aromatic carbocycles. The van der Waals surface area contributed by atoms with Gasteiger partial charge >= 0.3 is 0 Å². The number of hydrogen-bond donors (Lipinski definition) is 0. The van der Waals surface area contributed by atoms with Crippen molar-refractivity contribution in [1.82, 2.24) is 9.97 Å². The second-order valence-electron chi connectivity index (χ2n) is 5.99. The smallest absolute Gasteiger partial charge is 0.223 e. The third-order valence-electron chi connectivity index (χ3n) is 4.07. The molecule has 0 radical (unpaired) electrons. The third kappa shape index (κ3) is 4.22. The first-order valence-corrected chi connectivity index (χ1v) is 9.26. The van der Waals surface area contributed by atoms with Crippen LogP contribution in [0.3, 0.4) is 0 Å². The Hall–Kier alpha value is -2.84. The molecule has 0 N–H and O–H groups in total. The van der Waals surface area contributed by atoms with Crippen LogP contribution in [0.25, 0.3) is 0 Å². The van der Waals surface area contributed by atoms with Crippen molar-refractivity contribution in [2.24, 2.45) is 0 Å². The van der Waals surface area contributed by atoms with Gasteiger partial charge < -0.3 is 4.74 Å². The average Bonchev–Trinajstić information content (AvgIpc) is 2.63. The van der Waals surface area contributed by atoms with Crippen molar-refractivity contribution in [2.75, 3.05) is 0 Å². The zero-order valence-electron chi connectivity index (χ0n) is 15.0. The van der Waals surface area contributed by atoms with Gasteiger partial charge in [-0.05, 0) is 49.6 Å². The molecule has 26 heavy (non-hydrogen) atoms. The Morgan fingerprint density at radius 2 is 1.85 bits per heavy atom. The highest BCUT2D eigenvalue weighted by Crippen LogP contribution is 2.28. The molecule has 130 valence electrons. The van der Waals surface area contributed by atoms with Gasteiger partial charge in [0.15, 0.2) is 5.16 Å². The first-order chi connectivity index (χ1) is 12.6. The summed E-state index contributed by atoms with van der Waals surface area (Å²) in [6.45, 7) is 6.01. The zero-order chi connectivity index (χ0) is 18.5. The van der Waals surface area contributed by atoms with Crippen molar-refractivity contribution in [3.8, 4) is 17.7 Å². The van der Waals surface area contributed by atoms with Crippen LogP contribution < -0.4 is 4.74 Å². The summed E-state index contributed by atoms with van der Waals surface area (Å²) in [5, 5.41) is 9.84. The number of benzene rings is 2. The summed E-state index contributed by atoms with van der Waals surface area (Å²) in [6.07, 6.45) is 0. The predicted molar refractivity (Wildman–Crippen MR) is 103 cm³/mol. The molecule has 0 unspecified atom stereocenters. The van der Waals surface area contributed by atoms with E-state index in [-0.39, 0.29) is 0 Å². The first kappa shape index (κ1) is 18.0. The monoisotopic (exact) mass is 361 g/mol. The second kappa shape index (κ2) is 8.03.